The smallest absolute Gasteiger partial charge is 0.244 e. The van der Waals surface area contributed by atoms with Gasteiger partial charge in [0, 0.05) is 18.2 Å². The van der Waals surface area contributed by atoms with E-state index in [1.807, 2.05) is 24.0 Å². The van der Waals surface area contributed by atoms with Gasteiger partial charge < -0.3 is 4.90 Å². The fourth-order valence-electron chi connectivity index (χ4n) is 4.36. The number of benzene rings is 2. The van der Waals surface area contributed by atoms with Gasteiger partial charge in [-0.3, -0.25) is 4.79 Å². The Balaban J connectivity index is 1.60. The van der Waals surface area contributed by atoms with Crippen LogP contribution >= 0.6 is 0 Å². The molecular weight excluding hydrogens is 348 g/mol. The van der Waals surface area contributed by atoms with E-state index in [4.69, 9.17) is 0 Å². The van der Waals surface area contributed by atoms with Crippen molar-refractivity contribution in [2.75, 3.05) is 6.54 Å². The summed E-state index contributed by atoms with van der Waals surface area (Å²) in [5, 5.41) is 6.88. The Kier molecular flexibility index (Phi) is 5.42. The van der Waals surface area contributed by atoms with Crippen molar-refractivity contribution in [3.63, 3.8) is 0 Å². The van der Waals surface area contributed by atoms with Crippen molar-refractivity contribution in [2.45, 2.75) is 58.5 Å². The van der Waals surface area contributed by atoms with E-state index < -0.39 is 0 Å². The molecule has 0 aliphatic heterocycles. The lowest BCUT2D eigenvalue weighted by Crippen LogP contribution is -2.43. The molecule has 5 nitrogen and oxygen atoms in total. The zero-order chi connectivity index (χ0) is 19.5. The van der Waals surface area contributed by atoms with Crippen LogP contribution in [0.3, 0.4) is 0 Å². The first-order valence-corrected chi connectivity index (χ1v) is 10.4. The van der Waals surface area contributed by atoms with Gasteiger partial charge in [-0.2, -0.15) is 5.10 Å². The van der Waals surface area contributed by atoms with Crippen LogP contribution in [-0.4, -0.2) is 38.2 Å². The van der Waals surface area contributed by atoms with Crippen molar-refractivity contribution >= 4 is 16.7 Å². The highest BCUT2D eigenvalue weighted by Gasteiger charge is 2.25. The van der Waals surface area contributed by atoms with E-state index in [0.717, 1.165) is 36.2 Å². The summed E-state index contributed by atoms with van der Waals surface area (Å²) >= 11 is 0. The van der Waals surface area contributed by atoms with E-state index >= 15 is 0 Å². The van der Waals surface area contributed by atoms with Gasteiger partial charge in [-0.1, -0.05) is 55.7 Å². The molecule has 28 heavy (non-hydrogen) atoms. The fraction of sp³-hybridized carbons (Fsp3) is 0.435. The Morgan fingerprint density at radius 1 is 1.11 bits per heavy atom. The number of fused-ring (bicyclic) bond motifs is 1. The third kappa shape index (κ3) is 3.79. The van der Waals surface area contributed by atoms with Gasteiger partial charge in [-0.15, -0.1) is 0 Å². The molecule has 1 aliphatic rings. The molecule has 0 N–H and O–H groups in total. The highest BCUT2D eigenvalue weighted by atomic mass is 16.2. The van der Waals surface area contributed by atoms with Crippen LogP contribution in [0.15, 0.2) is 42.5 Å². The molecule has 146 valence electrons. The number of aromatic nitrogens is 3. The maximum Gasteiger partial charge on any atom is 0.244 e. The van der Waals surface area contributed by atoms with Crippen LogP contribution in [0.5, 0.6) is 0 Å². The van der Waals surface area contributed by atoms with Crippen molar-refractivity contribution < 1.29 is 4.79 Å². The Labute approximate surface area is 166 Å². The molecule has 0 bridgehead atoms. The number of nitrogens with zero attached hydrogens (tertiary/aromatic N) is 4. The van der Waals surface area contributed by atoms with Gasteiger partial charge >= 0.3 is 0 Å². The van der Waals surface area contributed by atoms with Crippen LogP contribution in [0.2, 0.25) is 0 Å². The third-order valence-electron chi connectivity index (χ3n) is 5.75. The number of aryl methyl sites for hydroxylation is 1. The number of hydrogen-bond donors (Lipinski definition) is 0. The number of amides is 1. The van der Waals surface area contributed by atoms with Gasteiger partial charge in [-0.05, 0) is 43.5 Å². The second kappa shape index (κ2) is 8.13. The predicted molar refractivity (Wildman–Crippen MR) is 112 cm³/mol. The largest absolute Gasteiger partial charge is 0.338 e. The van der Waals surface area contributed by atoms with Crippen LogP contribution < -0.4 is 0 Å². The molecule has 0 unspecified atom stereocenters. The molecule has 1 aliphatic carbocycles. The minimum atomic E-state index is 0.140. The topological polar surface area (TPSA) is 51.0 Å². The molecule has 5 heteroatoms. The molecule has 1 aromatic heterocycles. The average molecular weight is 377 g/mol. The maximum absolute atomic E-state index is 13.1. The Morgan fingerprint density at radius 3 is 2.61 bits per heavy atom. The number of hydrogen-bond acceptors (Lipinski definition) is 3. The van der Waals surface area contributed by atoms with Gasteiger partial charge in [-0.25, -0.2) is 9.67 Å². The minimum absolute atomic E-state index is 0.140. The minimum Gasteiger partial charge on any atom is -0.338 e. The molecule has 0 atom stereocenters. The zero-order valence-electron chi connectivity index (χ0n) is 16.8. The summed E-state index contributed by atoms with van der Waals surface area (Å²) in [6.45, 7) is 4.95. The predicted octanol–water partition coefficient (Wildman–Crippen LogP) is 4.59. The molecule has 0 spiro atoms. The first kappa shape index (κ1) is 18.7. The third-order valence-corrected chi connectivity index (χ3v) is 5.75. The van der Waals surface area contributed by atoms with Gasteiger partial charge in [0.05, 0.1) is 0 Å². The zero-order valence-corrected chi connectivity index (χ0v) is 16.8. The first-order chi connectivity index (χ1) is 13.7. The Morgan fingerprint density at radius 2 is 1.86 bits per heavy atom. The second-order valence-corrected chi connectivity index (χ2v) is 7.67. The standard InChI is InChI=1S/C23H28N4O/c1-3-26(21-11-5-4-6-12-21)22(28)16-27-23(24-17(2)25-27)20-14-13-18-9-7-8-10-19(18)15-20/h7-10,13-15,21H,3-6,11-12,16H2,1-2H3. The number of carbonyl (C=O) groups excluding carboxylic acids is 1. The van der Waals surface area contributed by atoms with Crippen LogP contribution in [0.4, 0.5) is 0 Å². The summed E-state index contributed by atoms with van der Waals surface area (Å²) in [5.74, 6) is 1.59. The normalized spacial score (nSPS) is 15.1. The van der Waals surface area contributed by atoms with E-state index in [2.05, 4.69) is 47.3 Å². The molecule has 0 saturated heterocycles. The Hall–Kier alpha value is -2.69. The van der Waals surface area contributed by atoms with Gasteiger partial charge in [0.25, 0.3) is 0 Å². The van der Waals surface area contributed by atoms with E-state index in [1.54, 1.807) is 4.68 Å². The number of carbonyl (C=O) groups is 1. The van der Waals surface area contributed by atoms with E-state index in [9.17, 15) is 4.79 Å². The highest BCUT2D eigenvalue weighted by molar-refractivity contribution is 5.86. The van der Waals surface area contributed by atoms with Crippen molar-refractivity contribution in [2.24, 2.45) is 0 Å². The average Bonchev–Trinajstić information content (AvgIpc) is 3.09. The maximum atomic E-state index is 13.1. The molecule has 1 heterocycles. The second-order valence-electron chi connectivity index (χ2n) is 7.67. The first-order valence-electron chi connectivity index (χ1n) is 10.4. The van der Waals surface area contributed by atoms with Crippen molar-refractivity contribution in [1.82, 2.24) is 19.7 Å². The fourth-order valence-corrected chi connectivity index (χ4v) is 4.36. The molecule has 2 aromatic carbocycles. The Bertz CT molecular complexity index is 972. The molecule has 4 rings (SSSR count). The van der Waals surface area contributed by atoms with Crippen LogP contribution in [-0.2, 0) is 11.3 Å². The molecule has 1 fully saturated rings. The van der Waals surface area contributed by atoms with Crippen molar-refractivity contribution in [3.05, 3.63) is 48.3 Å². The van der Waals surface area contributed by atoms with Crippen molar-refractivity contribution in [1.29, 1.82) is 0 Å². The molecule has 0 radical (unpaired) electrons. The van der Waals surface area contributed by atoms with Crippen LogP contribution in [0.1, 0.15) is 44.9 Å². The molecule has 3 aromatic rings. The lowest BCUT2D eigenvalue weighted by molar-refractivity contribution is -0.134. The van der Waals surface area contributed by atoms with Gasteiger partial charge in [0.15, 0.2) is 5.82 Å². The SMILES string of the molecule is CCN(C(=O)Cn1nc(C)nc1-c1ccc2ccccc2c1)C1CCCCC1. The van der Waals surface area contributed by atoms with Crippen molar-refractivity contribution in [3.8, 4) is 11.4 Å². The number of likely N-dealkylation sites (N-methyl/N-ethyl adjacent to an activating group) is 1. The summed E-state index contributed by atoms with van der Waals surface area (Å²) in [7, 11) is 0. The summed E-state index contributed by atoms with van der Waals surface area (Å²) in [6, 6.07) is 14.9. The molecule has 1 amide bonds. The van der Waals surface area contributed by atoms with Gasteiger partial charge in [0.1, 0.15) is 12.4 Å². The van der Waals surface area contributed by atoms with Crippen LogP contribution in [0, 0.1) is 6.92 Å². The highest BCUT2D eigenvalue weighted by Crippen LogP contribution is 2.25. The summed E-state index contributed by atoms with van der Waals surface area (Å²) in [5.41, 5.74) is 0.993. The quantitative estimate of drug-likeness (QED) is 0.654. The lowest BCUT2D eigenvalue weighted by atomic mass is 9.94. The monoisotopic (exact) mass is 376 g/mol. The summed E-state index contributed by atoms with van der Waals surface area (Å²) in [4.78, 5) is 19.7. The molecule has 1 saturated carbocycles. The van der Waals surface area contributed by atoms with E-state index in [1.165, 1.54) is 24.6 Å². The van der Waals surface area contributed by atoms with E-state index in [0.29, 0.717) is 11.9 Å². The van der Waals surface area contributed by atoms with E-state index in [-0.39, 0.29) is 12.5 Å². The van der Waals surface area contributed by atoms with Crippen LogP contribution in [0.25, 0.3) is 22.2 Å². The van der Waals surface area contributed by atoms with Gasteiger partial charge in [0.2, 0.25) is 5.91 Å². The summed E-state index contributed by atoms with van der Waals surface area (Å²) < 4.78 is 1.77. The summed E-state index contributed by atoms with van der Waals surface area (Å²) in [6.07, 6.45) is 5.97. The lowest BCUT2D eigenvalue weighted by Gasteiger charge is -2.33. The number of rotatable bonds is 5. The molecular formula is C23H28N4O.